The molecule has 4 nitrogen and oxygen atoms in total. The molecule has 5 rings (SSSR count). The molecule has 0 aliphatic carbocycles. The lowest BCUT2D eigenvalue weighted by atomic mass is 9.91. The molecule has 4 unspecified atom stereocenters. The van der Waals surface area contributed by atoms with Gasteiger partial charge in [-0.2, -0.15) is 0 Å². The highest BCUT2D eigenvalue weighted by molar-refractivity contribution is 5.51. The monoisotopic (exact) mass is 332 g/mol. The van der Waals surface area contributed by atoms with Crippen LogP contribution < -0.4 is 9.80 Å². The summed E-state index contributed by atoms with van der Waals surface area (Å²) in [5.41, 5.74) is 3.48. The van der Waals surface area contributed by atoms with Gasteiger partial charge in [0.25, 0.3) is 0 Å². The third-order valence-electron chi connectivity index (χ3n) is 6.06. The van der Waals surface area contributed by atoms with Crippen molar-refractivity contribution in [3.05, 3.63) is 59.9 Å². The van der Waals surface area contributed by atoms with Gasteiger partial charge in [-0.15, -0.1) is 0 Å². The number of fused-ring (bicyclic) bond motifs is 5. The van der Waals surface area contributed by atoms with Crippen LogP contribution in [0.4, 0.5) is 11.6 Å². The Labute approximate surface area is 149 Å². The fraction of sp³-hybridized carbons (Fsp3) is 0.429. The molecule has 25 heavy (non-hydrogen) atoms. The van der Waals surface area contributed by atoms with Crippen molar-refractivity contribution in [2.75, 3.05) is 22.9 Å². The van der Waals surface area contributed by atoms with Gasteiger partial charge in [-0.1, -0.05) is 30.4 Å². The number of rotatable bonds is 2. The van der Waals surface area contributed by atoms with Crippen molar-refractivity contribution >= 4 is 11.6 Å². The van der Waals surface area contributed by atoms with E-state index in [1.165, 1.54) is 5.69 Å². The zero-order valence-corrected chi connectivity index (χ0v) is 14.8. The van der Waals surface area contributed by atoms with E-state index in [4.69, 9.17) is 9.97 Å². The Balaban J connectivity index is 1.47. The van der Waals surface area contributed by atoms with Gasteiger partial charge in [0.05, 0.1) is 6.04 Å². The van der Waals surface area contributed by atoms with Gasteiger partial charge in [-0.3, -0.25) is 0 Å². The van der Waals surface area contributed by atoms with Crippen molar-refractivity contribution in [3.8, 4) is 0 Å². The van der Waals surface area contributed by atoms with Crippen LogP contribution in [0.5, 0.6) is 0 Å². The van der Waals surface area contributed by atoms with E-state index in [9.17, 15) is 0 Å². The summed E-state index contributed by atoms with van der Waals surface area (Å²) >= 11 is 0. The second kappa shape index (κ2) is 5.58. The number of anilines is 2. The van der Waals surface area contributed by atoms with Gasteiger partial charge in [-0.05, 0) is 38.5 Å². The normalized spacial score (nSPS) is 30.0. The summed E-state index contributed by atoms with van der Waals surface area (Å²) in [4.78, 5) is 14.6. The lowest BCUT2D eigenvalue weighted by Crippen LogP contribution is -2.44. The van der Waals surface area contributed by atoms with Crippen molar-refractivity contribution in [1.82, 2.24) is 9.97 Å². The fourth-order valence-electron chi connectivity index (χ4n) is 5.09. The van der Waals surface area contributed by atoms with Gasteiger partial charge in [-0.25, -0.2) is 9.97 Å². The SMILES string of the molecule is Cc1cc(C)nc(N2C3C=CCC2C2CN(c4ccccc4)CC23)n1. The first kappa shape index (κ1) is 14.9. The third-order valence-corrected chi connectivity index (χ3v) is 6.06. The minimum atomic E-state index is 0.429. The van der Waals surface area contributed by atoms with Crippen LogP contribution in [-0.2, 0) is 0 Å². The van der Waals surface area contributed by atoms with Crippen LogP contribution in [0.15, 0.2) is 48.6 Å². The van der Waals surface area contributed by atoms with Gasteiger partial charge in [0.15, 0.2) is 0 Å². The summed E-state index contributed by atoms with van der Waals surface area (Å²) < 4.78 is 0. The topological polar surface area (TPSA) is 32.3 Å². The maximum absolute atomic E-state index is 4.77. The molecule has 4 heteroatoms. The Morgan fingerprint density at radius 3 is 2.44 bits per heavy atom. The fourth-order valence-corrected chi connectivity index (χ4v) is 5.09. The first-order valence-electron chi connectivity index (χ1n) is 9.28. The molecular weight excluding hydrogens is 308 g/mol. The van der Waals surface area contributed by atoms with E-state index in [0.717, 1.165) is 36.8 Å². The maximum Gasteiger partial charge on any atom is 0.226 e. The molecular formula is C21H24N4. The highest BCUT2D eigenvalue weighted by Crippen LogP contribution is 2.47. The average Bonchev–Trinajstić information content (AvgIpc) is 3.12. The van der Waals surface area contributed by atoms with Gasteiger partial charge >= 0.3 is 0 Å². The number of para-hydroxylation sites is 1. The van der Waals surface area contributed by atoms with Gasteiger partial charge in [0.1, 0.15) is 0 Å². The Kier molecular flexibility index (Phi) is 3.34. The Hall–Kier alpha value is -2.36. The molecule has 1 aromatic heterocycles. The summed E-state index contributed by atoms with van der Waals surface area (Å²) in [5.74, 6) is 2.27. The Bertz CT molecular complexity index is 796. The molecule has 128 valence electrons. The molecule has 0 radical (unpaired) electrons. The lowest BCUT2D eigenvalue weighted by Gasteiger charge is -2.35. The van der Waals surface area contributed by atoms with Gasteiger partial charge < -0.3 is 9.80 Å². The molecule has 3 aliphatic rings. The van der Waals surface area contributed by atoms with Crippen LogP contribution in [0.1, 0.15) is 17.8 Å². The van der Waals surface area contributed by atoms with Gasteiger partial charge in [0.2, 0.25) is 5.95 Å². The third kappa shape index (κ3) is 2.35. The Morgan fingerprint density at radius 1 is 0.960 bits per heavy atom. The predicted molar refractivity (Wildman–Crippen MR) is 101 cm³/mol. The summed E-state index contributed by atoms with van der Waals surface area (Å²) in [6.07, 6.45) is 5.88. The first-order valence-corrected chi connectivity index (χ1v) is 9.28. The summed E-state index contributed by atoms with van der Waals surface area (Å²) in [6.45, 7) is 6.40. The molecule has 2 bridgehead atoms. The molecule has 3 aliphatic heterocycles. The average molecular weight is 332 g/mol. The highest BCUT2D eigenvalue weighted by atomic mass is 15.3. The molecule has 1 aromatic carbocycles. The zero-order valence-electron chi connectivity index (χ0n) is 14.8. The summed E-state index contributed by atoms with van der Waals surface area (Å²) in [7, 11) is 0. The van der Waals surface area contributed by atoms with E-state index in [1.54, 1.807) is 0 Å². The van der Waals surface area contributed by atoms with Crippen LogP contribution in [0.2, 0.25) is 0 Å². The Morgan fingerprint density at radius 2 is 1.68 bits per heavy atom. The van der Waals surface area contributed by atoms with Gasteiger partial charge in [0, 0.05) is 48.0 Å². The molecule has 0 spiro atoms. The van der Waals surface area contributed by atoms with E-state index < -0.39 is 0 Å². The summed E-state index contributed by atoms with van der Waals surface area (Å²) in [5, 5.41) is 0. The van der Waals surface area contributed by atoms with Crippen molar-refractivity contribution in [2.24, 2.45) is 11.8 Å². The van der Waals surface area contributed by atoms with Crippen LogP contribution in [0.25, 0.3) is 0 Å². The zero-order chi connectivity index (χ0) is 17.0. The number of hydrogen-bond donors (Lipinski definition) is 0. The van der Waals surface area contributed by atoms with E-state index in [-0.39, 0.29) is 0 Å². The number of aromatic nitrogens is 2. The van der Waals surface area contributed by atoms with Crippen molar-refractivity contribution in [2.45, 2.75) is 32.4 Å². The molecule has 0 amide bonds. The minimum absolute atomic E-state index is 0.429. The standard InChI is InChI=1S/C21H24N4/c1-14-11-15(2)23-21(22-14)25-19-9-6-10-20(25)18-13-24(12-17(18)19)16-7-4-3-5-8-16/h3-9,11,17-20H,10,12-13H2,1-2H3. The second-order valence-corrected chi connectivity index (χ2v) is 7.65. The van der Waals surface area contributed by atoms with E-state index in [0.29, 0.717) is 23.9 Å². The van der Waals surface area contributed by atoms with Crippen molar-refractivity contribution < 1.29 is 0 Å². The molecule has 2 fully saturated rings. The second-order valence-electron chi connectivity index (χ2n) is 7.65. The smallest absolute Gasteiger partial charge is 0.226 e. The quantitative estimate of drug-likeness (QED) is 0.790. The van der Waals surface area contributed by atoms with Crippen LogP contribution in [-0.4, -0.2) is 35.1 Å². The first-order chi connectivity index (χ1) is 12.2. The lowest BCUT2D eigenvalue weighted by molar-refractivity contribution is 0.450. The molecule has 4 heterocycles. The number of aryl methyl sites for hydroxylation is 2. The van der Waals surface area contributed by atoms with Crippen molar-refractivity contribution in [3.63, 3.8) is 0 Å². The maximum atomic E-state index is 4.77. The van der Waals surface area contributed by atoms with E-state index >= 15 is 0 Å². The molecule has 0 saturated carbocycles. The predicted octanol–water partition coefficient (Wildman–Crippen LogP) is 3.36. The number of hydrogen-bond acceptors (Lipinski definition) is 4. The highest BCUT2D eigenvalue weighted by Gasteiger charge is 2.53. The minimum Gasteiger partial charge on any atom is -0.371 e. The molecule has 4 atom stereocenters. The number of benzene rings is 1. The summed E-state index contributed by atoms with van der Waals surface area (Å²) in [6, 6.07) is 13.8. The van der Waals surface area contributed by atoms with Crippen molar-refractivity contribution in [1.29, 1.82) is 0 Å². The molecule has 0 N–H and O–H groups in total. The number of nitrogens with zero attached hydrogens (tertiary/aromatic N) is 4. The van der Waals surface area contributed by atoms with E-state index in [1.807, 2.05) is 0 Å². The van der Waals surface area contributed by atoms with Crippen LogP contribution in [0, 0.1) is 25.7 Å². The van der Waals surface area contributed by atoms with E-state index in [2.05, 4.69) is 72.2 Å². The molecule has 2 saturated heterocycles. The van der Waals surface area contributed by atoms with Crippen LogP contribution >= 0.6 is 0 Å². The largest absolute Gasteiger partial charge is 0.371 e. The van der Waals surface area contributed by atoms with Crippen LogP contribution in [0.3, 0.4) is 0 Å². The molecule has 2 aromatic rings.